The molecule has 0 amide bonds. The first-order chi connectivity index (χ1) is 9.61. The maximum absolute atomic E-state index is 10.5. The van der Waals surface area contributed by atoms with Crippen molar-refractivity contribution in [2.24, 2.45) is 0 Å². The summed E-state index contributed by atoms with van der Waals surface area (Å²) in [4.78, 5) is 0. The minimum absolute atomic E-state index is 0.237. The van der Waals surface area contributed by atoms with Crippen molar-refractivity contribution in [1.82, 2.24) is 0 Å². The Morgan fingerprint density at radius 3 is 2.35 bits per heavy atom. The lowest BCUT2D eigenvalue weighted by Crippen LogP contribution is -2.24. The molecule has 0 aromatic heterocycles. The molecule has 0 heterocycles. The van der Waals surface area contributed by atoms with Gasteiger partial charge in [-0.05, 0) is 37.5 Å². The number of aliphatic hydroxyl groups is 1. The van der Waals surface area contributed by atoms with Crippen LogP contribution in [0.4, 0.5) is 0 Å². The quantitative estimate of drug-likeness (QED) is 0.882. The SMILES string of the molecule is CCC(Oc1ccc(C)cc1C)C(O)c1ccccc1. The van der Waals surface area contributed by atoms with Gasteiger partial charge in [-0.3, -0.25) is 0 Å². The zero-order valence-corrected chi connectivity index (χ0v) is 12.3. The van der Waals surface area contributed by atoms with E-state index in [9.17, 15) is 5.11 Å². The van der Waals surface area contributed by atoms with Crippen LogP contribution in [0, 0.1) is 13.8 Å². The van der Waals surface area contributed by atoms with E-state index in [2.05, 4.69) is 13.0 Å². The normalized spacial score (nSPS) is 13.8. The minimum Gasteiger partial charge on any atom is -0.487 e. The fraction of sp³-hybridized carbons (Fsp3) is 0.333. The summed E-state index contributed by atoms with van der Waals surface area (Å²) < 4.78 is 6.02. The first-order valence-corrected chi connectivity index (χ1v) is 7.08. The van der Waals surface area contributed by atoms with Gasteiger partial charge in [-0.25, -0.2) is 0 Å². The van der Waals surface area contributed by atoms with Crippen molar-refractivity contribution < 1.29 is 9.84 Å². The second-order valence-corrected chi connectivity index (χ2v) is 5.19. The Bertz CT molecular complexity index is 549. The van der Waals surface area contributed by atoms with Crippen molar-refractivity contribution >= 4 is 0 Å². The van der Waals surface area contributed by atoms with Crippen LogP contribution in [0.25, 0.3) is 0 Å². The van der Waals surface area contributed by atoms with Crippen molar-refractivity contribution in [3.63, 3.8) is 0 Å². The molecule has 0 aliphatic heterocycles. The fourth-order valence-corrected chi connectivity index (χ4v) is 2.33. The predicted molar refractivity (Wildman–Crippen MR) is 82.0 cm³/mol. The summed E-state index contributed by atoms with van der Waals surface area (Å²) in [5, 5.41) is 10.5. The van der Waals surface area contributed by atoms with Gasteiger partial charge in [0.25, 0.3) is 0 Å². The van der Waals surface area contributed by atoms with Gasteiger partial charge in [-0.2, -0.15) is 0 Å². The zero-order chi connectivity index (χ0) is 14.5. The molecule has 106 valence electrons. The number of hydrogen-bond acceptors (Lipinski definition) is 2. The van der Waals surface area contributed by atoms with E-state index in [-0.39, 0.29) is 6.10 Å². The van der Waals surface area contributed by atoms with Gasteiger partial charge in [0.15, 0.2) is 0 Å². The topological polar surface area (TPSA) is 29.5 Å². The molecule has 0 fully saturated rings. The highest BCUT2D eigenvalue weighted by Gasteiger charge is 2.21. The lowest BCUT2D eigenvalue weighted by atomic mass is 10.0. The van der Waals surface area contributed by atoms with Crippen molar-refractivity contribution in [2.75, 3.05) is 0 Å². The number of rotatable bonds is 5. The molecule has 2 aromatic carbocycles. The Morgan fingerprint density at radius 1 is 1.05 bits per heavy atom. The van der Waals surface area contributed by atoms with E-state index in [1.165, 1.54) is 5.56 Å². The molecule has 0 spiro atoms. The van der Waals surface area contributed by atoms with E-state index < -0.39 is 6.10 Å². The number of hydrogen-bond donors (Lipinski definition) is 1. The van der Waals surface area contributed by atoms with E-state index >= 15 is 0 Å². The predicted octanol–water partition coefficient (Wildman–Crippen LogP) is 4.19. The lowest BCUT2D eigenvalue weighted by molar-refractivity contribution is 0.0328. The molecule has 2 unspecified atom stereocenters. The highest BCUT2D eigenvalue weighted by Crippen LogP contribution is 2.26. The van der Waals surface area contributed by atoms with Gasteiger partial charge in [0.1, 0.15) is 18.0 Å². The Morgan fingerprint density at radius 2 is 1.75 bits per heavy atom. The summed E-state index contributed by atoms with van der Waals surface area (Å²) in [6.45, 7) is 6.12. The van der Waals surface area contributed by atoms with E-state index in [0.717, 1.165) is 23.3 Å². The van der Waals surface area contributed by atoms with Crippen LogP contribution < -0.4 is 4.74 Å². The standard InChI is InChI=1S/C18H22O2/c1-4-16(18(19)15-8-6-5-7-9-15)20-17-11-10-13(2)12-14(17)3/h5-12,16,18-19H,4H2,1-3H3. The number of aryl methyl sites for hydroxylation is 2. The van der Waals surface area contributed by atoms with Crippen LogP contribution in [0.1, 0.15) is 36.1 Å². The zero-order valence-electron chi connectivity index (χ0n) is 12.3. The number of benzene rings is 2. The van der Waals surface area contributed by atoms with Crippen LogP contribution in [0.15, 0.2) is 48.5 Å². The van der Waals surface area contributed by atoms with Gasteiger partial charge < -0.3 is 9.84 Å². The summed E-state index contributed by atoms with van der Waals surface area (Å²) >= 11 is 0. The third kappa shape index (κ3) is 3.40. The van der Waals surface area contributed by atoms with Crippen molar-refractivity contribution in [2.45, 2.75) is 39.4 Å². The molecule has 0 saturated heterocycles. The second-order valence-electron chi connectivity index (χ2n) is 5.19. The van der Waals surface area contributed by atoms with Crippen LogP contribution in [0.2, 0.25) is 0 Å². The molecule has 2 nitrogen and oxygen atoms in total. The molecular formula is C18H22O2. The van der Waals surface area contributed by atoms with Crippen LogP contribution in [-0.4, -0.2) is 11.2 Å². The molecule has 20 heavy (non-hydrogen) atoms. The van der Waals surface area contributed by atoms with Gasteiger partial charge in [0.2, 0.25) is 0 Å². The van der Waals surface area contributed by atoms with Gasteiger partial charge in [-0.1, -0.05) is 55.0 Å². The molecule has 2 atom stereocenters. The third-order valence-electron chi connectivity index (χ3n) is 3.50. The average molecular weight is 270 g/mol. The van der Waals surface area contributed by atoms with E-state index in [0.29, 0.717) is 0 Å². The van der Waals surface area contributed by atoms with Gasteiger partial charge in [0.05, 0.1) is 0 Å². The first kappa shape index (κ1) is 14.6. The summed E-state index contributed by atoms with van der Waals surface area (Å²) in [7, 11) is 0. The van der Waals surface area contributed by atoms with Gasteiger partial charge >= 0.3 is 0 Å². The van der Waals surface area contributed by atoms with Gasteiger partial charge in [0, 0.05) is 0 Å². The summed E-state index contributed by atoms with van der Waals surface area (Å²) in [6, 6.07) is 15.8. The first-order valence-electron chi connectivity index (χ1n) is 7.08. The van der Waals surface area contributed by atoms with Crippen molar-refractivity contribution in [3.8, 4) is 5.75 Å². The largest absolute Gasteiger partial charge is 0.487 e. The highest BCUT2D eigenvalue weighted by molar-refractivity contribution is 5.36. The van der Waals surface area contributed by atoms with Crippen LogP contribution in [0.3, 0.4) is 0 Å². The Balaban J connectivity index is 2.16. The molecule has 1 N–H and O–H groups in total. The molecule has 2 heteroatoms. The van der Waals surface area contributed by atoms with Crippen LogP contribution in [-0.2, 0) is 0 Å². The smallest absolute Gasteiger partial charge is 0.128 e. The second kappa shape index (κ2) is 6.58. The Hall–Kier alpha value is -1.80. The minimum atomic E-state index is -0.609. The van der Waals surface area contributed by atoms with Crippen molar-refractivity contribution in [3.05, 3.63) is 65.2 Å². The molecule has 0 bridgehead atoms. The fourth-order valence-electron chi connectivity index (χ4n) is 2.33. The maximum Gasteiger partial charge on any atom is 0.128 e. The molecule has 0 radical (unpaired) electrons. The average Bonchev–Trinajstić information content (AvgIpc) is 2.47. The number of aliphatic hydroxyl groups excluding tert-OH is 1. The summed E-state index contributed by atoms with van der Waals surface area (Å²) in [6.07, 6.45) is -0.0932. The molecule has 2 aromatic rings. The summed E-state index contributed by atoms with van der Waals surface area (Å²) in [5.74, 6) is 0.845. The van der Waals surface area contributed by atoms with Gasteiger partial charge in [-0.15, -0.1) is 0 Å². The molecule has 2 rings (SSSR count). The van der Waals surface area contributed by atoms with E-state index in [4.69, 9.17) is 4.74 Å². The Kier molecular flexibility index (Phi) is 4.80. The van der Waals surface area contributed by atoms with Crippen LogP contribution >= 0.6 is 0 Å². The summed E-state index contributed by atoms with van der Waals surface area (Å²) in [5.41, 5.74) is 3.21. The van der Waals surface area contributed by atoms with E-state index in [1.54, 1.807) is 0 Å². The maximum atomic E-state index is 10.5. The van der Waals surface area contributed by atoms with E-state index in [1.807, 2.05) is 56.3 Å². The molecule has 0 aliphatic carbocycles. The lowest BCUT2D eigenvalue weighted by Gasteiger charge is -2.24. The Labute approximate surface area is 121 Å². The third-order valence-corrected chi connectivity index (χ3v) is 3.50. The molecular weight excluding hydrogens is 248 g/mol. The molecule has 0 aliphatic rings. The highest BCUT2D eigenvalue weighted by atomic mass is 16.5. The monoisotopic (exact) mass is 270 g/mol. The number of ether oxygens (including phenoxy) is 1. The van der Waals surface area contributed by atoms with Crippen molar-refractivity contribution in [1.29, 1.82) is 0 Å². The van der Waals surface area contributed by atoms with Crippen LogP contribution in [0.5, 0.6) is 5.75 Å². The molecule has 0 saturated carbocycles.